The van der Waals surface area contributed by atoms with Crippen LogP contribution in [0.5, 0.6) is 0 Å². The number of piperidine rings is 1. The first-order valence-electron chi connectivity index (χ1n) is 6.93. The van der Waals surface area contributed by atoms with Gasteiger partial charge in [0.25, 0.3) is 0 Å². The molecule has 0 aromatic heterocycles. The molecule has 1 saturated heterocycles. The van der Waals surface area contributed by atoms with Gasteiger partial charge < -0.3 is 10.2 Å². The second-order valence-corrected chi connectivity index (χ2v) is 5.36. The molecule has 1 fully saturated rings. The molecule has 1 heterocycles. The predicted molar refractivity (Wildman–Crippen MR) is 75.9 cm³/mol. The molecule has 0 atom stereocenters. The molecule has 0 unspecified atom stereocenters. The van der Waals surface area contributed by atoms with Gasteiger partial charge in [-0.15, -0.1) is 0 Å². The predicted octanol–water partition coefficient (Wildman–Crippen LogP) is 3.41. The fourth-order valence-corrected chi connectivity index (χ4v) is 2.26. The van der Waals surface area contributed by atoms with E-state index in [-0.39, 0.29) is 17.6 Å². The van der Waals surface area contributed by atoms with Gasteiger partial charge in [0.2, 0.25) is 5.91 Å². The summed E-state index contributed by atoms with van der Waals surface area (Å²) < 4.78 is 14.1. The molecule has 1 aliphatic heterocycles. The molecule has 0 saturated carbocycles. The number of anilines is 2. The maximum atomic E-state index is 14.1. The number of rotatable bonds is 3. The highest BCUT2D eigenvalue weighted by Gasteiger charge is 2.15. The first-order valence-corrected chi connectivity index (χ1v) is 6.93. The molecule has 1 amide bonds. The van der Waals surface area contributed by atoms with Gasteiger partial charge in [-0.3, -0.25) is 4.79 Å². The number of carbonyl (C=O) groups excluding carboxylic acids is 1. The molecule has 1 aliphatic rings. The van der Waals surface area contributed by atoms with E-state index in [9.17, 15) is 9.18 Å². The van der Waals surface area contributed by atoms with Gasteiger partial charge in [0.15, 0.2) is 0 Å². The monoisotopic (exact) mass is 264 g/mol. The van der Waals surface area contributed by atoms with Gasteiger partial charge in [0.1, 0.15) is 5.82 Å². The lowest BCUT2D eigenvalue weighted by Gasteiger charge is -2.29. The summed E-state index contributed by atoms with van der Waals surface area (Å²) in [6, 6.07) is 4.94. The molecule has 2 rings (SSSR count). The van der Waals surface area contributed by atoms with Crippen LogP contribution in [-0.2, 0) is 4.79 Å². The van der Waals surface area contributed by atoms with Crippen molar-refractivity contribution in [1.82, 2.24) is 0 Å². The molecule has 19 heavy (non-hydrogen) atoms. The highest BCUT2D eigenvalue weighted by Crippen LogP contribution is 2.25. The van der Waals surface area contributed by atoms with Crippen LogP contribution in [0.25, 0.3) is 0 Å². The Hall–Kier alpha value is -1.58. The lowest BCUT2D eigenvalue weighted by molar-refractivity contribution is -0.118. The maximum Gasteiger partial charge on any atom is 0.226 e. The summed E-state index contributed by atoms with van der Waals surface area (Å²) in [5.74, 6) is -0.460. The molecule has 4 heteroatoms. The number of nitrogens with zero attached hydrogens (tertiary/aromatic N) is 1. The molecule has 0 aliphatic carbocycles. The van der Waals surface area contributed by atoms with Gasteiger partial charge in [-0.1, -0.05) is 13.8 Å². The highest BCUT2D eigenvalue weighted by molar-refractivity contribution is 5.92. The molecular weight excluding hydrogens is 243 g/mol. The van der Waals surface area contributed by atoms with Crippen molar-refractivity contribution in [3.05, 3.63) is 24.0 Å². The van der Waals surface area contributed by atoms with E-state index in [1.807, 2.05) is 13.8 Å². The summed E-state index contributed by atoms with van der Waals surface area (Å²) >= 11 is 0. The highest BCUT2D eigenvalue weighted by atomic mass is 19.1. The molecule has 0 bridgehead atoms. The van der Waals surface area contributed by atoms with Gasteiger partial charge in [-0.2, -0.15) is 0 Å². The number of carbonyl (C=O) groups is 1. The van der Waals surface area contributed by atoms with E-state index in [1.165, 1.54) is 12.5 Å². The SMILES string of the molecule is CC(C)C(=O)Nc1ccc(N2CCCCC2)c(F)c1. The summed E-state index contributed by atoms with van der Waals surface area (Å²) in [7, 11) is 0. The third kappa shape index (κ3) is 3.46. The van der Waals surface area contributed by atoms with Crippen LogP contribution in [-0.4, -0.2) is 19.0 Å². The molecule has 0 spiro atoms. The Kier molecular flexibility index (Phi) is 4.40. The van der Waals surface area contributed by atoms with E-state index in [4.69, 9.17) is 0 Å². The number of halogens is 1. The Bertz CT molecular complexity index is 453. The van der Waals surface area contributed by atoms with Gasteiger partial charge >= 0.3 is 0 Å². The quantitative estimate of drug-likeness (QED) is 0.907. The second kappa shape index (κ2) is 6.04. The lowest BCUT2D eigenvalue weighted by Crippen LogP contribution is -2.30. The molecule has 1 aromatic carbocycles. The van der Waals surface area contributed by atoms with Crippen LogP contribution in [0.15, 0.2) is 18.2 Å². The average Bonchev–Trinajstić information content (AvgIpc) is 2.39. The molecule has 1 aromatic rings. The normalized spacial score (nSPS) is 15.7. The first kappa shape index (κ1) is 13.8. The van der Waals surface area contributed by atoms with Crippen molar-refractivity contribution < 1.29 is 9.18 Å². The zero-order valence-electron chi connectivity index (χ0n) is 11.6. The summed E-state index contributed by atoms with van der Waals surface area (Å²) in [5, 5.41) is 2.71. The Morgan fingerprint density at radius 2 is 1.95 bits per heavy atom. The van der Waals surface area contributed by atoms with Crippen molar-refractivity contribution in [3.8, 4) is 0 Å². The fourth-order valence-electron chi connectivity index (χ4n) is 2.26. The third-order valence-corrected chi connectivity index (χ3v) is 3.44. The molecule has 1 N–H and O–H groups in total. The van der Waals surface area contributed by atoms with Crippen LogP contribution in [0.3, 0.4) is 0 Å². The number of nitrogens with one attached hydrogen (secondary N) is 1. The van der Waals surface area contributed by atoms with Crippen LogP contribution in [0.2, 0.25) is 0 Å². The van der Waals surface area contributed by atoms with Gasteiger partial charge in [-0.05, 0) is 37.5 Å². The minimum atomic E-state index is -0.261. The Morgan fingerprint density at radius 3 is 2.53 bits per heavy atom. The number of amides is 1. The minimum absolute atomic E-state index is 0.0925. The molecule has 3 nitrogen and oxygen atoms in total. The maximum absolute atomic E-state index is 14.1. The topological polar surface area (TPSA) is 32.3 Å². The summed E-state index contributed by atoms with van der Waals surface area (Å²) in [6.45, 7) is 5.45. The van der Waals surface area contributed by atoms with E-state index < -0.39 is 0 Å². The standard InChI is InChI=1S/C15H21FN2O/c1-11(2)15(19)17-12-6-7-14(13(16)10-12)18-8-4-3-5-9-18/h6-7,10-11H,3-5,8-9H2,1-2H3,(H,17,19). The number of benzene rings is 1. The van der Waals surface area contributed by atoms with Crippen LogP contribution in [0, 0.1) is 11.7 Å². The summed E-state index contributed by atoms with van der Waals surface area (Å²) in [5.41, 5.74) is 1.17. The van der Waals surface area contributed by atoms with Gasteiger partial charge in [0.05, 0.1) is 5.69 Å². The van der Waals surface area contributed by atoms with Crippen molar-refractivity contribution in [3.63, 3.8) is 0 Å². The Morgan fingerprint density at radius 1 is 1.26 bits per heavy atom. The van der Waals surface area contributed by atoms with E-state index >= 15 is 0 Å². The zero-order chi connectivity index (χ0) is 13.8. The van der Waals surface area contributed by atoms with Crippen molar-refractivity contribution in [2.45, 2.75) is 33.1 Å². The van der Waals surface area contributed by atoms with Crippen LogP contribution >= 0.6 is 0 Å². The Balaban J connectivity index is 2.10. The smallest absolute Gasteiger partial charge is 0.226 e. The van der Waals surface area contributed by atoms with Crippen molar-refractivity contribution >= 4 is 17.3 Å². The van der Waals surface area contributed by atoms with Gasteiger partial charge in [0, 0.05) is 24.7 Å². The Labute approximate surface area is 113 Å². The van der Waals surface area contributed by atoms with E-state index in [2.05, 4.69) is 10.2 Å². The minimum Gasteiger partial charge on any atom is -0.369 e. The van der Waals surface area contributed by atoms with Crippen molar-refractivity contribution in [2.75, 3.05) is 23.3 Å². The largest absolute Gasteiger partial charge is 0.369 e. The van der Waals surface area contributed by atoms with Crippen molar-refractivity contribution in [1.29, 1.82) is 0 Å². The van der Waals surface area contributed by atoms with E-state index in [0.717, 1.165) is 25.9 Å². The van der Waals surface area contributed by atoms with Crippen LogP contribution in [0.4, 0.5) is 15.8 Å². The third-order valence-electron chi connectivity index (χ3n) is 3.44. The lowest BCUT2D eigenvalue weighted by atomic mass is 10.1. The summed E-state index contributed by atoms with van der Waals surface area (Å²) in [4.78, 5) is 13.6. The molecule has 104 valence electrons. The van der Waals surface area contributed by atoms with E-state index in [0.29, 0.717) is 11.4 Å². The second-order valence-electron chi connectivity index (χ2n) is 5.36. The van der Waals surface area contributed by atoms with Gasteiger partial charge in [-0.25, -0.2) is 4.39 Å². The first-order chi connectivity index (χ1) is 9.08. The van der Waals surface area contributed by atoms with Crippen LogP contribution < -0.4 is 10.2 Å². The number of hydrogen-bond acceptors (Lipinski definition) is 2. The number of hydrogen-bond donors (Lipinski definition) is 1. The fraction of sp³-hybridized carbons (Fsp3) is 0.533. The summed E-state index contributed by atoms with van der Waals surface area (Å²) in [6.07, 6.45) is 3.46. The molecule has 0 radical (unpaired) electrons. The van der Waals surface area contributed by atoms with Crippen molar-refractivity contribution in [2.24, 2.45) is 5.92 Å². The van der Waals surface area contributed by atoms with E-state index in [1.54, 1.807) is 12.1 Å². The average molecular weight is 264 g/mol. The molecular formula is C15H21FN2O. The zero-order valence-corrected chi connectivity index (χ0v) is 11.6. The van der Waals surface area contributed by atoms with Crippen LogP contribution in [0.1, 0.15) is 33.1 Å².